The van der Waals surface area contributed by atoms with Gasteiger partial charge in [-0.25, -0.2) is 0 Å². The van der Waals surface area contributed by atoms with E-state index in [1.807, 2.05) is 36.4 Å². The Kier molecular flexibility index (Phi) is 4.33. The molecule has 0 radical (unpaired) electrons. The van der Waals surface area contributed by atoms with Crippen molar-refractivity contribution < 1.29 is 9.53 Å². The Hall–Kier alpha value is -3.15. The Balaban J connectivity index is 1.76. The van der Waals surface area contributed by atoms with E-state index >= 15 is 0 Å². The number of carbonyl (C=O) groups excluding carboxylic acids is 1. The lowest BCUT2D eigenvalue weighted by Crippen LogP contribution is -2.24. The largest absolute Gasteiger partial charge is 0.496 e. The van der Waals surface area contributed by atoms with E-state index in [2.05, 4.69) is 20.5 Å². The van der Waals surface area contributed by atoms with Crippen molar-refractivity contribution in [3.05, 3.63) is 66.2 Å². The average Bonchev–Trinajstić information content (AvgIpc) is 3.10. The topological polar surface area (TPSA) is 79.9 Å². The van der Waals surface area contributed by atoms with Crippen LogP contribution in [0.25, 0.3) is 11.1 Å². The van der Waals surface area contributed by atoms with Gasteiger partial charge in [-0.15, -0.1) is 0 Å². The van der Waals surface area contributed by atoms with Gasteiger partial charge in [0.05, 0.1) is 7.11 Å². The molecule has 0 saturated carbocycles. The number of nitrogens with one attached hydrogen (secondary N) is 2. The molecule has 0 unspecified atom stereocenters. The molecule has 3 aromatic rings. The van der Waals surface area contributed by atoms with Gasteiger partial charge in [0.1, 0.15) is 5.75 Å². The zero-order valence-electron chi connectivity index (χ0n) is 12.6. The maximum atomic E-state index is 12.4. The molecule has 3 rings (SSSR count). The molecule has 0 spiro atoms. The highest BCUT2D eigenvalue weighted by molar-refractivity contribution is 5.98. The highest BCUT2D eigenvalue weighted by Gasteiger charge is 2.16. The lowest BCUT2D eigenvalue weighted by molar-refractivity contribution is 0.0946. The second kappa shape index (κ2) is 6.74. The van der Waals surface area contributed by atoms with E-state index in [0.29, 0.717) is 12.2 Å². The predicted molar refractivity (Wildman–Crippen MR) is 86.0 cm³/mol. The maximum absolute atomic E-state index is 12.4. The number of aromatic nitrogens is 3. The van der Waals surface area contributed by atoms with Crippen LogP contribution in [0.5, 0.6) is 5.75 Å². The molecule has 2 heterocycles. The fraction of sp³-hybridized carbons (Fsp3) is 0.118. The van der Waals surface area contributed by atoms with Gasteiger partial charge >= 0.3 is 0 Å². The van der Waals surface area contributed by atoms with E-state index < -0.39 is 0 Å². The summed E-state index contributed by atoms with van der Waals surface area (Å²) in [7, 11) is 1.61. The van der Waals surface area contributed by atoms with Crippen molar-refractivity contribution >= 4 is 5.91 Å². The Morgan fingerprint density at radius 2 is 2.00 bits per heavy atom. The molecule has 0 aliphatic heterocycles. The van der Waals surface area contributed by atoms with E-state index in [0.717, 1.165) is 22.4 Å². The van der Waals surface area contributed by atoms with Crippen LogP contribution in [0.2, 0.25) is 0 Å². The summed E-state index contributed by atoms with van der Waals surface area (Å²) >= 11 is 0. The molecule has 1 aromatic carbocycles. The van der Waals surface area contributed by atoms with Crippen LogP contribution in [-0.4, -0.2) is 28.2 Å². The van der Waals surface area contributed by atoms with Crippen molar-refractivity contribution in [3.8, 4) is 16.9 Å². The number of methoxy groups -OCH3 is 1. The van der Waals surface area contributed by atoms with Crippen LogP contribution < -0.4 is 10.1 Å². The first-order valence-electron chi connectivity index (χ1n) is 7.14. The molecule has 0 aliphatic carbocycles. The number of amides is 1. The average molecular weight is 308 g/mol. The van der Waals surface area contributed by atoms with Gasteiger partial charge in [0, 0.05) is 36.3 Å². The smallest absolute Gasteiger partial charge is 0.272 e. The van der Waals surface area contributed by atoms with Gasteiger partial charge in [-0.05, 0) is 23.8 Å². The predicted octanol–water partition coefficient (Wildman–Crippen LogP) is 2.41. The summed E-state index contributed by atoms with van der Waals surface area (Å²) in [6.45, 7) is 0.367. The lowest BCUT2D eigenvalue weighted by atomic mass is 10.1. The molecule has 2 N–H and O–H groups in total. The van der Waals surface area contributed by atoms with Gasteiger partial charge < -0.3 is 10.1 Å². The first kappa shape index (κ1) is 14.8. The van der Waals surface area contributed by atoms with Crippen LogP contribution in [0.1, 0.15) is 16.1 Å². The minimum Gasteiger partial charge on any atom is -0.496 e. The van der Waals surface area contributed by atoms with E-state index in [-0.39, 0.29) is 5.91 Å². The fourth-order valence-corrected chi connectivity index (χ4v) is 2.32. The standard InChI is InChI=1S/C17H16N4O2/c1-23-15-5-3-2-4-13(15)10-19-17(22)16-14(11-20-21-16)12-6-8-18-9-7-12/h2-9,11H,10H2,1H3,(H,19,22)(H,20,21). The van der Waals surface area contributed by atoms with Gasteiger partial charge in [0.15, 0.2) is 5.69 Å². The number of carbonyl (C=O) groups is 1. The molecule has 0 saturated heterocycles. The monoisotopic (exact) mass is 308 g/mol. The van der Waals surface area contributed by atoms with Gasteiger partial charge in [0.25, 0.3) is 5.91 Å². The highest BCUT2D eigenvalue weighted by Crippen LogP contribution is 2.21. The number of para-hydroxylation sites is 1. The Labute approximate surface area is 133 Å². The third-order valence-corrected chi connectivity index (χ3v) is 3.48. The lowest BCUT2D eigenvalue weighted by Gasteiger charge is -2.09. The fourth-order valence-electron chi connectivity index (χ4n) is 2.32. The first-order chi connectivity index (χ1) is 11.3. The number of aromatic amines is 1. The molecule has 1 amide bonds. The minimum atomic E-state index is -0.246. The number of benzene rings is 1. The number of hydrogen-bond acceptors (Lipinski definition) is 4. The molecule has 6 heteroatoms. The molecule has 0 bridgehead atoms. The van der Waals surface area contributed by atoms with Crippen LogP contribution in [0.15, 0.2) is 55.0 Å². The molecule has 6 nitrogen and oxygen atoms in total. The SMILES string of the molecule is COc1ccccc1CNC(=O)c1n[nH]cc1-c1ccncc1. The highest BCUT2D eigenvalue weighted by atomic mass is 16.5. The third kappa shape index (κ3) is 3.21. The molecule has 2 aromatic heterocycles. The molecule has 116 valence electrons. The zero-order chi connectivity index (χ0) is 16.1. The van der Waals surface area contributed by atoms with Crippen molar-refractivity contribution in [1.82, 2.24) is 20.5 Å². The first-order valence-corrected chi connectivity index (χ1v) is 7.14. The molecular formula is C17H16N4O2. The normalized spacial score (nSPS) is 10.3. The van der Waals surface area contributed by atoms with E-state index in [9.17, 15) is 4.79 Å². The second-order valence-electron chi connectivity index (χ2n) is 4.88. The zero-order valence-corrected chi connectivity index (χ0v) is 12.6. The summed E-state index contributed by atoms with van der Waals surface area (Å²) in [4.78, 5) is 16.4. The molecule has 0 atom stereocenters. The summed E-state index contributed by atoms with van der Waals surface area (Å²) in [5.41, 5.74) is 2.89. The summed E-state index contributed by atoms with van der Waals surface area (Å²) in [5, 5.41) is 9.67. The van der Waals surface area contributed by atoms with Gasteiger partial charge in [-0.2, -0.15) is 5.10 Å². The van der Waals surface area contributed by atoms with Crippen molar-refractivity contribution in [2.45, 2.75) is 6.54 Å². The summed E-state index contributed by atoms with van der Waals surface area (Å²) < 4.78 is 5.28. The molecule has 0 fully saturated rings. The summed E-state index contributed by atoms with van der Waals surface area (Å²) in [5.74, 6) is 0.494. The number of nitrogens with zero attached hydrogens (tertiary/aromatic N) is 2. The van der Waals surface area contributed by atoms with Crippen molar-refractivity contribution in [2.24, 2.45) is 0 Å². The molecule has 23 heavy (non-hydrogen) atoms. The number of H-pyrrole nitrogens is 1. The van der Waals surface area contributed by atoms with Crippen molar-refractivity contribution in [3.63, 3.8) is 0 Å². The minimum absolute atomic E-state index is 0.246. The second-order valence-corrected chi connectivity index (χ2v) is 4.88. The molecular weight excluding hydrogens is 292 g/mol. The van der Waals surface area contributed by atoms with Crippen molar-refractivity contribution in [2.75, 3.05) is 7.11 Å². The Bertz CT molecular complexity index is 799. The van der Waals surface area contributed by atoms with Gasteiger partial charge in [0.2, 0.25) is 0 Å². The van der Waals surface area contributed by atoms with E-state index in [4.69, 9.17) is 4.74 Å². The van der Waals surface area contributed by atoms with E-state index in [1.165, 1.54) is 0 Å². The summed E-state index contributed by atoms with van der Waals surface area (Å²) in [6, 6.07) is 11.2. The van der Waals surface area contributed by atoms with E-state index in [1.54, 1.807) is 25.7 Å². The van der Waals surface area contributed by atoms with Crippen LogP contribution in [0.3, 0.4) is 0 Å². The van der Waals surface area contributed by atoms with Crippen LogP contribution in [-0.2, 0) is 6.54 Å². The third-order valence-electron chi connectivity index (χ3n) is 3.48. The quantitative estimate of drug-likeness (QED) is 0.758. The van der Waals surface area contributed by atoms with Crippen LogP contribution in [0, 0.1) is 0 Å². The Morgan fingerprint density at radius 1 is 1.22 bits per heavy atom. The summed E-state index contributed by atoms with van der Waals surface area (Å²) in [6.07, 6.45) is 5.06. The van der Waals surface area contributed by atoms with Gasteiger partial charge in [-0.3, -0.25) is 14.9 Å². The number of pyridine rings is 1. The Morgan fingerprint density at radius 3 is 2.78 bits per heavy atom. The number of rotatable bonds is 5. The van der Waals surface area contributed by atoms with Crippen molar-refractivity contribution in [1.29, 1.82) is 0 Å². The maximum Gasteiger partial charge on any atom is 0.272 e. The molecule has 0 aliphatic rings. The van der Waals surface area contributed by atoms with Gasteiger partial charge in [-0.1, -0.05) is 18.2 Å². The number of hydrogen-bond donors (Lipinski definition) is 2. The number of ether oxygens (including phenoxy) is 1. The van der Waals surface area contributed by atoms with Crippen LogP contribution in [0.4, 0.5) is 0 Å². The van der Waals surface area contributed by atoms with Crippen LogP contribution >= 0.6 is 0 Å².